The molecule has 2 rings (SSSR count). The maximum absolute atomic E-state index is 10.1. The molecule has 0 amide bonds. The molecule has 0 spiro atoms. The van der Waals surface area contributed by atoms with E-state index in [-0.39, 0.29) is 11.5 Å². The van der Waals surface area contributed by atoms with Crippen molar-refractivity contribution >= 4 is 11.6 Å². The lowest BCUT2D eigenvalue weighted by Gasteiger charge is -2.37. The number of aliphatic imine (C=N–C) groups is 1. The van der Waals surface area contributed by atoms with Gasteiger partial charge in [0.05, 0.1) is 12.6 Å². The lowest BCUT2D eigenvalue weighted by Crippen LogP contribution is -2.39. The van der Waals surface area contributed by atoms with E-state index in [9.17, 15) is 5.11 Å². The summed E-state index contributed by atoms with van der Waals surface area (Å²) in [6, 6.07) is 9.74. The molecule has 0 aliphatic heterocycles. The molecule has 1 saturated carbocycles. The van der Waals surface area contributed by atoms with Crippen molar-refractivity contribution in [1.29, 1.82) is 0 Å². The van der Waals surface area contributed by atoms with Gasteiger partial charge in [0, 0.05) is 11.1 Å². The molecule has 1 aromatic carbocycles. The SMILES string of the molecule is CC1(CN=C(N)Nc2ccccc2)CCCCC1O. The lowest BCUT2D eigenvalue weighted by molar-refractivity contribution is 0.00724. The van der Waals surface area contributed by atoms with Gasteiger partial charge in [0.1, 0.15) is 0 Å². The molecule has 1 aliphatic carbocycles. The second-order valence-electron chi connectivity index (χ2n) is 5.61. The Morgan fingerprint density at radius 2 is 2.16 bits per heavy atom. The van der Waals surface area contributed by atoms with Gasteiger partial charge in [0.15, 0.2) is 5.96 Å². The summed E-state index contributed by atoms with van der Waals surface area (Å²) < 4.78 is 0. The van der Waals surface area contributed by atoms with Crippen molar-refractivity contribution in [2.45, 2.75) is 38.7 Å². The molecule has 0 saturated heterocycles. The van der Waals surface area contributed by atoms with Gasteiger partial charge in [-0.15, -0.1) is 0 Å². The smallest absolute Gasteiger partial charge is 0.193 e. The van der Waals surface area contributed by atoms with Gasteiger partial charge in [-0.05, 0) is 25.0 Å². The number of benzene rings is 1. The zero-order chi connectivity index (χ0) is 13.7. The number of aliphatic hydroxyl groups excluding tert-OH is 1. The molecule has 0 bridgehead atoms. The van der Waals surface area contributed by atoms with Gasteiger partial charge in [0.2, 0.25) is 0 Å². The van der Waals surface area contributed by atoms with Crippen LogP contribution in [-0.4, -0.2) is 23.7 Å². The van der Waals surface area contributed by atoms with Crippen molar-refractivity contribution in [1.82, 2.24) is 0 Å². The van der Waals surface area contributed by atoms with Crippen LogP contribution in [0.4, 0.5) is 5.69 Å². The summed E-state index contributed by atoms with van der Waals surface area (Å²) in [4.78, 5) is 4.39. The number of hydrogen-bond donors (Lipinski definition) is 3. The predicted octanol–water partition coefficient (Wildman–Crippen LogP) is 2.35. The highest BCUT2D eigenvalue weighted by atomic mass is 16.3. The molecule has 0 radical (unpaired) electrons. The van der Waals surface area contributed by atoms with Crippen LogP contribution in [0.15, 0.2) is 35.3 Å². The van der Waals surface area contributed by atoms with E-state index in [1.165, 1.54) is 0 Å². The zero-order valence-electron chi connectivity index (χ0n) is 11.5. The van der Waals surface area contributed by atoms with Crippen LogP contribution in [0.3, 0.4) is 0 Å². The Kier molecular flexibility index (Phi) is 4.43. The third-order valence-electron chi connectivity index (χ3n) is 3.94. The fourth-order valence-corrected chi connectivity index (χ4v) is 2.54. The van der Waals surface area contributed by atoms with Crippen LogP contribution in [0, 0.1) is 5.41 Å². The molecule has 2 atom stereocenters. The molecule has 104 valence electrons. The van der Waals surface area contributed by atoms with E-state index in [1.54, 1.807) is 0 Å². The summed E-state index contributed by atoms with van der Waals surface area (Å²) >= 11 is 0. The summed E-state index contributed by atoms with van der Waals surface area (Å²) in [5.41, 5.74) is 6.68. The topological polar surface area (TPSA) is 70.6 Å². The first kappa shape index (κ1) is 13.9. The van der Waals surface area contributed by atoms with Crippen molar-refractivity contribution in [3.8, 4) is 0 Å². The van der Waals surface area contributed by atoms with E-state index < -0.39 is 0 Å². The summed E-state index contributed by atoms with van der Waals surface area (Å²) in [6.07, 6.45) is 3.89. The largest absolute Gasteiger partial charge is 0.392 e. The van der Waals surface area contributed by atoms with E-state index >= 15 is 0 Å². The third-order valence-corrected chi connectivity index (χ3v) is 3.94. The second kappa shape index (κ2) is 6.06. The minimum Gasteiger partial charge on any atom is -0.392 e. The monoisotopic (exact) mass is 261 g/mol. The predicted molar refractivity (Wildman–Crippen MR) is 79.1 cm³/mol. The molecular weight excluding hydrogens is 238 g/mol. The van der Waals surface area contributed by atoms with E-state index in [1.807, 2.05) is 30.3 Å². The lowest BCUT2D eigenvalue weighted by atomic mass is 9.73. The number of aliphatic hydroxyl groups is 1. The highest BCUT2D eigenvalue weighted by molar-refractivity contribution is 5.92. The van der Waals surface area contributed by atoms with Crippen LogP contribution in [0.5, 0.6) is 0 Å². The molecule has 4 heteroatoms. The zero-order valence-corrected chi connectivity index (χ0v) is 11.5. The first-order valence-electron chi connectivity index (χ1n) is 6.90. The first-order chi connectivity index (χ1) is 9.10. The Morgan fingerprint density at radius 1 is 1.42 bits per heavy atom. The van der Waals surface area contributed by atoms with Crippen LogP contribution in [-0.2, 0) is 0 Å². The van der Waals surface area contributed by atoms with Crippen molar-refractivity contribution < 1.29 is 5.11 Å². The van der Waals surface area contributed by atoms with E-state index in [0.29, 0.717) is 12.5 Å². The summed E-state index contributed by atoms with van der Waals surface area (Å²) in [7, 11) is 0. The van der Waals surface area contributed by atoms with Crippen molar-refractivity contribution in [2.24, 2.45) is 16.1 Å². The average molecular weight is 261 g/mol. The number of rotatable bonds is 3. The van der Waals surface area contributed by atoms with Crippen molar-refractivity contribution in [3.05, 3.63) is 30.3 Å². The molecule has 1 aromatic rings. The molecular formula is C15H23N3O. The van der Waals surface area contributed by atoms with Crippen LogP contribution in [0.1, 0.15) is 32.6 Å². The molecule has 2 unspecified atom stereocenters. The quantitative estimate of drug-likeness (QED) is 0.578. The minimum atomic E-state index is -0.269. The van der Waals surface area contributed by atoms with Gasteiger partial charge < -0.3 is 16.2 Å². The van der Waals surface area contributed by atoms with E-state index in [0.717, 1.165) is 31.4 Å². The van der Waals surface area contributed by atoms with Gasteiger partial charge in [0.25, 0.3) is 0 Å². The first-order valence-corrected chi connectivity index (χ1v) is 6.90. The van der Waals surface area contributed by atoms with E-state index in [4.69, 9.17) is 5.73 Å². The summed E-state index contributed by atoms with van der Waals surface area (Å²) in [6.45, 7) is 2.66. The Hall–Kier alpha value is -1.55. The molecule has 0 heterocycles. The van der Waals surface area contributed by atoms with Gasteiger partial charge in [-0.2, -0.15) is 0 Å². The Bertz CT molecular complexity index is 432. The Balaban J connectivity index is 1.94. The molecule has 4 nitrogen and oxygen atoms in total. The molecule has 1 fully saturated rings. The maximum atomic E-state index is 10.1. The second-order valence-corrected chi connectivity index (χ2v) is 5.61. The number of nitrogens with zero attached hydrogens (tertiary/aromatic N) is 1. The highest BCUT2D eigenvalue weighted by Gasteiger charge is 2.35. The van der Waals surface area contributed by atoms with Gasteiger partial charge in [-0.1, -0.05) is 38.0 Å². The van der Waals surface area contributed by atoms with Gasteiger partial charge in [-0.25, -0.2) is 0 Å². The molecule has 19 heavy (non-hydrogen) atoms. The van der Waals surface area contributed by atoms with Gasteiger partial charge in [-0.3, -0.25) is 4.99 Å². The number of anilines is 1. The summed E-state index contributed by atoms with van der Waals surface area (Å²) in [5.74, 6) is 0.408. The minimum absolute atomic E-state index is 0.138. The number of hydrogen-bond acceptors (Lipinski definition) is 2. The standard InChI is InChI=1S/C15H23N3O/c1-15(10-6-5-9-13(15)19)11-17-14(16)18-12-7-3-2-4-8-12/h2-4,7-8,13,19H,5-6,9-11H2,1H3,(H3,16,17,18). The van der Waals surface area contributed by atoms with E-state index in [2.05, 4.69) is 17.2 Å². The highest BCUT2D eigenvalue weighted by Crippen LogP contribution is 2.36. The maximum Gasteiger partial charge on any atom is 0.193 e. The van der Waals surface area contributed by atoms with Crippen molar-refractivity contribution in [3.63, 3.8) is 0 Å². The normalized spacial score (nSPS) is 28.1. The third kappa shape index (κ3) is 3.70. The molecule has 1 aliphatic rings. The number of nitrogens with one attached hydrogen (secondary N) is 1. The summed E-state index contributed by atoms with van der Waals surface area (Å²) in [5, 5.41) is 13.2. The molecule has 4 N–H and O–H groups in total. The van der Waals surface area contributed by atoms with Crippen LogP contribution < -0.4 is 11.1 Å². The molecule has 0 aromatic heterocycles. The van der Waals surface area contributed by atoms with Crippen LogP contribution in [0.25, 0.3) is 0 Å². The average Bonchev–Trinajstić information content (AvgIpc) is 2.41. The number of para-hydroxylation sites is 1. The van der Waals surface area contributed by atoms with Crippen LogP contribution >= 0.6 is 0 Å². The van der Waals surface area contributed by atoms with Crippen LogP contribution in [0.2, 0.25) is 0 Å². The van der Waals surface area contributed by atoms with Crippen molar-refractivity contribution in [2.75, 3.05) is 11.9 Å². The fourth-order valence-electron chi connectivity index (χ4n) is 2.54. The fraction of sp³-hybridized carbons (Fsp3) is 0.533. The Labute approximate surface area is 114 Å². The van der Waals surface area contributed by atoms with Gasteiger partial charge >= 0.3 is 0 Å². The number of nitrogens with two attached hydrogens (primary N) is 1. The Morgan fingerprint density at radius 3 is 2.84 bits per heavy atom. The number of guanidine groups is 1.